The van der Waals surface area contributed by atoms with Crippen LogP contribution in [0.15, 0.2) is 85.0 Å². The van der Waals surface area contributed by atoms with Crippen LogP contribution in [0, 0.1) is 0 Å². The third kappa shape index (κ3) is 18.1. The molecule has 208 valence electrons. The number of hydrogen-bond donors (Lipinski definition) is 4. The van der Waals surface area contributed by atoms with Gasteiger partial charge in [0.05, 0.1) is 0 Å². The van der Waals surface area contributed by atoms with Crippen molar-refractivity contribution in [3.8, 4) is 5.75 Å². The van der Waals surface area contributed by atoms with Gasteiger partial charge < -0.3 is 14.9 Å². The van der Waals surface area contributed by atoms with Gasteiger partial charge in [0.15, 0.2) is 0 Å². The molecular weight excluding hydrogens is 505 g/mol. The first-order valence-corrected chi connectivity index (χ1v) is 14.4. The molecule has 0 saturated carbocycles. The molecule has 0 radical (unpaired) electrons. The maximum absolute atomic E-state index is 12.2. The second-order valence-corrected chi connectivity index (χ2v) is 9.65. The van der Waals surface area contributed by atoms with Gasteiger partial charge in [0.2, 0.25) is 5.91 Å². The van der Waals surface area contributed by atoms with Crippen LogP contribution in [0.2, 0.25) is 0 Å². The van der Waals surface area contributed by atoms with Crippen molar-refractivity contribution in [2.45, 2.75) is 70.8 Å². The molecule has 1 aromatic rings. The second-order valence-electron chi connectivity index (χ2n) is 8.49. The second kappa shape index (κ2) is 19.9. The Kier molecular flexibility index (Phi) is 17.2. The maximum Gasteiger partial charge on any atom is 0.524 e. The molecule has 0 unspecified atom stereocenters. The molecule has 38 heavy (non-hydrogen) atoms. The van der Waals surface area contributed by atoms with Gasteiger partial charge in [-0.15, -0.1) is 0 Å². The van der Waals surface area contributed by atoms with Crippen molar-refractivity contribution >= 4 is 19.7 Å². The fourth-order valence-electron chi connectivity index (χ4n) is 3.28. The number of carboxylic acids is 1. The van der Waals surface area contributed by atoms with Crippen LogP contribution >= 0.6 is 7.82 Å². The summed E-state index contributed by atoms with van der Waals surface area (Å²) in [6.07, 6.45) is 27.5. The number of allylic oxidation sites excluding steroid dienone is 10. The van der Waals surface area contributed by atoms with Crippen LogP contribution in [0.4, 0.5) is 0 Å². The first-order chi connectivity index (χ1) is 18.2. The molecule has 1 atom stereocenters. The van der Waals surface area contributed by atoms with Crippen molar-refractivity contribution in [2.75, 3.05) is 0 Å². The van der Waals surface area contributed by atoms with Crippen LogP contribution in [0.1, 0.15) is 63.9 Å². The molecule has 0 spiro atoms. The minimum atomic E-state index is -4.66. The summed E-state index contributed by atoms with van der Waals surface area (Å²) in [6.45, 7) is 2.13. The highest BCUT2D eigenvalue weighted by Crippen LogP contribution is 2.37. The summed E-state index contributed by atoms with van der Waals surface area (Å²) >= 11 is 0. The summed E-state index contributed by atoms with van der Waals surface area (Å²) in [6, 6.07) is 4.55. The van der Waals surface area contributed by atoms with E-state index in [9.17, 15) is 19.3 Å². The molecule has 1 aromatic carbocycles. The van der Waals surface area contributed by atoms with E-state index in [-0.39, 0.29) is 24.5 Å². The highest BCUT2D eigenvalue weighted by atomic mass is 31.2. The zero-order valence-electron chi connectivity index (χ0n) is 21.9. The van der Waals surface area contributed by atoms with Gasteiger partial charge in [-0.3, -0.25) is 14.6 Å². The Balaban J connectivity index is 2.23. The van der Waals surface area contributed by atoms with E-state index in [1.54, 1.807) is 0 Å². The van der Waals surface area contributed by atoms with Crippen molar-refractivity contribution in [1.82, 2.24) is 5.32 Å². The van der Waals surface area contributed by atoms with Crippen molar-refractivity contribution in [1.29, 1.82) is 0 Å². The smallest absolute Gasteiger partial charge is 0.480 e. The van der Waals surface area contributed by atoms with Crippen molar-refractivity contribution in [2.24, 2.45) is 0 Å². The van der Waals surface area contributed by atoms with E-state index in [0.29, 0.717) is 12.0 Å². The largest absolute Gasteiger partial charge is 0.524 e. The Morgan fingerprint density at radius 3 is 1.84 bits per heavy atom. The molecule has 1 amide bonds. The number of rotatable bonds is 19. The van der Waals surface area contributed by atoms with Gasteiger partial charge in [-0.2, -0.15) is 0 Å². The molecule has 1 rings (SSSR count). The molecule has 0 aromatic heterocycles. The van der Waals surface area contributed by atoms with Gasteiger partial charge in [0, 0.05) is 12.8 Å². The molecule has 0 aliphatic heterocycles. The maximum atomic E-state index is 12.2. The quantitative estimate of drug-likeness (QED) is 0.0925. The molecule has 0 aliphatic carbocycles. The summed E-state index contributed by atoms with van der Waals surface area (Å²) in [4.78, 5) is 41.4. The molecule has 4 N–H and O–H groups in total. The topological polar surface area (TPSA) is 133 Å². The van der Waals surface area contributed by atoms with Crippen LogP contribution in [0.3, 0.4) is 0 Å². The number of carbonyl (C=O) groups is 2. The fourth-order valence-corrected chi connectivity index (χ4v) is 3.67. The molecule has 0 fully saturated rings. The van der Waals surface area contributed by atoms with Gasteiger partial charge in [0.25, 0.3) is 0 Å². The Morgan fingerprint density at radius 2 is 1.37 bits per heavy atom. The third-order valence-electron chi connectivity index (χ3n) is 5.15. The van der Waals surface area contributed by atoms with Crippen molar-refractivity contribution < 1.29 is 33.6 Å². The third-order valence-corrected chi connectivity index (χ3v) is 5.60. The van der Waals surface area contributed by atoms with Crippen LogP contribution in [-0.2, 0) is 20.6 Å². The number of nitrogens with one attached hydrogen (secondary N) is 1. The van der Waals surface area contributed by atoms with E-state index in [2.05, 4.69) is 65.4 Å². The Morgan fingerprint density at radius 1 is 0.868 bits per heavy atom. The lowest BCUT2D eigenvalue weighted by Crippen LogP contribution is -2.42. The highest BCUT2D eigenvalue weighted by molar-refractivity contribution is 7.46. The average molecular weight is 546 g/mol. The summed E-state index contributed by atoms with van der Waals surface area (Å²) in [5, 5.41) is 12.0. The number of carbonyl (C=O) groups excluding carboxylic acids is 1. The zero-order chi connectivity index (χ0) is 28.1. The van der Waals surface area contributed by atoms with Gasteiger partial charge in [0.1, 0.15) is 11.8 Å². The molecule has 0 saturated heterocycles. The predicted molar refractivity (Wildman–Crippen MR) is 151 cm³/mol. The fraction of sp³-hybridized carbons (Fsp3) is 0.379. The molecule has 9 heteroatoms. The number of hydrogen-bond acceptors (Lipinski definition) is 4. The minimum Gasteiger partial charge on any atom is -0.480 e. The summed E-state index contributed by atoms with van der Waals surface area (Å²) in [7, 11) is -4.66. The number of phosphoric ester groups is 1. The van der Waals surface area contributed by atoms with E-state index in [1.165, 1.54) is 24.3 Å². The monoisotopic (exact) mass is 545 g/mol. The Hall–Kier alpha value is -3.19. The van der Waals surface area contributed by atoms with E-state index in [4.69, 9.17) is 9.79 Å². The number of unbranched alkanes of at least 4 members (excludes halogenated alkanes) is 1. The minimum absolute atomic E-state index is 0.0338. The van der Waals surface area contributed by atoms with E-state index < -0.39 is 19.8 Å². The number of phosphoric acid groups is 1. The van der Waals surface area contributed by atoms with Gasteiger partial charge in [-0.25, -0.2) is 9.36 Å². The summed E-state index contributed by atoms with van der Waals surface area (Å²) in [5.41, 5.74) is 0.578. The van der Waals surface area contributed by atoms with Crippen LogP contribution in [0.5, 0.6) is 5.75 Å². The lowest BCUT2D eigenvalue weighted by Gasteiger charge is -2.15. The predicted octanol–water partition coefficient (Wildman–Crippen LogP) is 6.19. The Labute approximate surface area is 225 Å². The first kappa shape index (κ1) is 32.8. The lowest BCUT2D eigenvalue weighted by atomic mass is 10.1. The average Bonchev–Trinajstić information content (AvgIpc) is 2.85. The molecule has 0 aliphatic rings. The Bertz CT molecular complexity index is 1020. The van der Waals surface area contributed by atoms with E-state index in [0.717, 1.165) is 38.5 Å². The van der Waals surface area contributed by atoms with Crippen molar-refractivity contribution in [3.05, 3.63) is 90.6 Å². The lowest BCUT2D eigenvalue weighted by molar-refractivity contribution is -0.141. The highest BCUT2D eigenvalue weighted by Gasteiger charge is 2.21. The summed E-state index contributed by atoms with van der Waals surface area (Å²) < 4.78 is 15.3. The molecule has 0 bridgehead atoms. The van der Waals surface area contributed by atoms with Crippen LogP contribution in [-0.4, -0.2) is 32.8 Å². The van der Waals surface area contributed by atoms with Crippen LogP contribution < -0.4 is 9.84 Å². The standard InChI is InChI=1S/C29H40NO7P/c1-2-3-4-5-6-7-8-9-10-11-12-13-14-15-16-17-18-19-28(31)30-27(29(32)33)24-25-20-22-26(23-21-25)37-38(34,35)36/h3-4,6-7,9-10,12-13,15-16,20-23,27H,2,5,8,11,14,17-19,24H2,1H3,(H,30,31)(H,32,33)(H2,34,35,36)/b4-3+,7-6+,10-9+,13-12+,16-15+/t27-/m0/s1. The first-order valence-electron chi connectivity index (χ1n) is 12.8. The zero-order valence-corrected chi connectivity index (χ0v) is 22.8. The van der Waals surface area contributed by atoms with Crippen LogP contribution in [0.25, 0.3) is 0 Å². The summed E-state index contributed by atoms with van der Waals surface area (Å²) in [5.74, 6) is -1.54. The number of carboxylic acid groups (broad SMARTS) is 1. The molecule has 8 nitrogen and oxygen atoms in total. The number of aliphatic carboxylic acids is 1. The van der Waals surface area contributed by atoms with Gasteiger partial charge in [-0.05, 0) is 62.6 Å². The van der Waals surface area contributed by atoms with Crippen molar-refractivity contribution in [3.63, 3.8) is 0 Å². The number of amides is 1. The van der Waals surface area contributed by atoms with E-state index in [1.807, 2.05) is 12.2 Å². The normalized spacial score (nSPS) is 13.3. The number of benzene rings is 1. The van der Waals surface area contributed by atoms with Gasteiger partial charge in [-0.1, -0.05) is 79.8 Å². The molecular formula is C29H40NO7P. The molecule has 0 heterocycles. The van der Waals surface area contributed by atoms with E-state index >= 15 is 0 Å². The van der Waals surface area contributed by atoms with Gasteiger partial charge >= 0.3 is 13.8 Å². The SMILES string of the molecule is CC/C=C/C/C=C/C/C=C/C/C=C/C/C=C/CCCC(=O)N[C@@H](Cc1ccc(OP(=O)(O)O)cc1)C(=O)O.